The molecule has 1 spiro atoms. The highest BCUT2D eigenvalue weighted by Crippen LogP contribution is 2.39. The van der Waals surface area contributed by atoms with E-state index in [0.29, 0.717) is 0 Å². The van der Waals surface area contributed by atoms with Gasteiger partial charge in [0.15, 0.2) is 5.79 Å². The van der Waals surface area contributed by atoms with Gasteiger partial charge in [-0.15, -0.1) is 6.58 Å². The molecule has 2 fully saturated rings. The van der Waals surface area contributed by atoms with Gasteiger partial charge < -0.3 is 9.47 Å². The normalized spacial score (nSPS) is 25.1. The molecule has 0 aromatic carbocycles. The summed E-state index contributed by atoms with van der Waals surface area (Å²) >= 11 is 0. The zero-order valence-electron chi connectivity index (χ0n) is 10.5. The summed E-state index contributed by atoms with van der Waals surface area (Å²) in [6.07, 6.45) is 8.59. The van der Waals surface area contributed by atoms with Crippen molar-refractivity contribution in [2.75, 3.05) is 13.2 Å². The van der Waals surface area contributed by atoms with Crippen molar-refractivity contribution in [1.29, 1.82) is 0 Å². The molecule has 0 bridgehead atoms. The molecule has 0 aromatic heterocycles. The fraction of sp³-hybridized carbons (Fsp3) is 0.857. The third-order valence-corrected chi connectivity index (χ3v) is 3.90. The lowest BCUT2D eigenvalue weighted by atomic mass is 9.82. The van der Waals surface area contributed by atoms with Crippen molar-refractivity contribution in [3.63, 3.8) is 0 Å². The number of rotatable bonds is 4. The van der Waals surface area contributed by atoms with E-state index < -0.39 is 0 Å². The summed E-state index contributed by atoms with van der Waals surface area (Å²) in [5, 5.41) is 0. The summed E-state index contributed by atoms with van der Waals surface area (Å²) in [7, 11) is 0. The van der Waals surface area contributed by atoms with Gasteiger partial charge in [-0.2, -0.15) is 0 Å². The van der Waals surface area contributed by atoms with Crippen LogP contribution in [0.1, 0.15) is 51.9 Å². The zero-order valence-corrected chi connectivity index (χ0v) is 10.5. The Labute approximate surface area is 99.0 Å². The topological polar surface area (TPSA) is 18.5 Å². The first-order valence-electron chi connectivity index (χ1n) is 6.62. The molecule has 16 heavy (non-hydrogen) atoms. The molecule has 1 aliphatic carbocycles. The van der Waals surface area contributed by atoms with Crippen LogP contribution in [-0.4, -0.2) is 19.0 Å². The molecule has 0 atom stereocenters. The third-order valence-electron chi connectivity index (χ3n) is 3.90. The van der Waals surface area contributed by atoms with Crippen LogP contribution in [0, 0.1) is 5.92 Å². The maximum absolute atomic E-state index is 5.74. The minimum absolute atomic E-state index is 0.176. The lowest BCUT2D eigenvalue weighted by Crippen LogP contribution is -2.35. The van der Waals surface area contributed by atoms with E-state index in [0.717, 1.165) is 32.0 Å². The summed E-state index contributed by atoms with van der Waals surface area (Å²) in [6, 6.07) is 0. The molecule has 1 heterocycles. The minimum atomic E-state index is -0.176. The van der Waals surface area contributed by atoms with Crippen molar-refractivity contribution in [3.8, 4) is 0 Å². The van der Waals surface area contributed by atoms with Gasteiger partial charge in [-0.3, -0.25) is 0 Å². The van der Waals surface area contributed by atoms with Crippen molar-refractivity contribution in [2.24, 2.45) is 5.92 Å². The smallest absolute Gasteiger partial charge is 0.168 e. The van der Waals surface area contributed by atoms with Crippen LogP contribution in [0.3, 0.4) is 0 Å². The summed E-state index contributed by atoms with van der Waals surface area (Å²) < 4.78 is 11.5. The number of ether oxygens (including phenoxy) is 2. The van der Waals surface area contributed by atoms with Crippen LogP contribution in [0.25, 0.3) is 0 Å². The van der Waals surface area contributed by atoms with Gasteiger partial charge >= 0.3 is 0 Å². The van der Waals surface area contributed by atoms with Crippen LogP contribution in [0.5, 0.6) is 0 Å². The third kappa shape index (κ3) is 3.08. The van der Waals surface area contributed by atoms with E-state index in [-0.39, 0.29) is 5.79 Å². The molecular formula is C14H24O2. The Hall–Kier alpha value is -0.340. The average molecular weight is 224 g/mol. The Morgan fingerprint density at radius 3 is 2.44 bits per heavy atom. The summed E-state index contributed by atoms with van der Waals surface area (Å²) in [6.45, 7) is 7.66. The number of hydrogen-bond acceptors (Lipinski definition) is 2. The molecule has 2 aliphatic rings. The van der Waals surface area contributed by atoms with Gasteiger partial charge in [0, 0.05) is 12.8 Å². The van der Waals surface area contributed by atoms with E-state index in [9.17, 15) is 0 Å². The lowest BCUT2D eigenvalue weighted by molar-refractivity contribution is -0.182. The fourth-order valence-electron chi connectivity index (χ4n) is 2.88. The van der Waals surface area contributed by atoms with Gasteiger partial charge in [-0.1, -0.05) is 12.0 Å². The van der Waals surface area contributed by atoms with Gasteiger partial charge in [-0.05, 0) is 38.5 Å². The standard InChI is InChI=1S/C14H24O2/c1-12(2)4-3-5-13-6-8-14(9-7-13)15-10-11-16-14/h13H,1,3-11H2,2H3. The second-order valence-electron chi connectivity index (χ2n) is 5.40. The molecule has 2 nitrogen and oxygen atoms in total. The SMILES string of the molecule is C=C(C)CCCC1CCC2(CC1)OCCO2. The summed E-state index contributed by atoms with van der Waals surface area (Å²) in [4.78, 5) is 0. The molecule has 0 aromatic rings. The second kappa shape index (κ2) is 5.33. The summed E-state index contributed by atoms with van der Waals surface area (Å²) in [5.74, 6) is 0.711. The monoisotopic (exact) mass is 224 g/mol. The zero-order chi connectivity index (χ0) is 11.4. The molecule has 1 saturated carbocycles. The van der Waals surface area contributed by atoms with Crippen LogP contribution in [0.4, 0.5) is 0 Å². The summed E-state index contributed by atoms with van der Waals surface area (Å²) in [5.41, 5.74) is 1.31. The Morgan fingerprint density at radius 2 is 1.88 bits per heavy atom. The molecule has 2 heteroatoms. The van der Waals surface area contributed by atoms with Gasteiger partial charge in [0.2, 0.25) is 0 Å². The molecule has 1 aliphatic heterocycles. The van der Waals surface area contributed by atoms with E-state index >= 15 is 0 Å². The van der Waals surface area contributed by atoms with Crippen LogP contribution in [0.15, 0.2) is 12.2 Å². The van der Waals surface area contributed by atoms with Crippen LogP contribution in [-0.2, 0) is 9.47 Å². The fourth-order valence-corrected chi connectivity index (χ4v) is 2.88. The molecule has 0 unspecified atom stereocenters. The molecule has 0 radical (unpaired) electrons. The van der Waals surface area contributed by atoms with Crippen molar-refractivity contribution >= 4 is 0 Å². The molecule has 1 saturated heterocycles. The largest absolute Gasteiger partial charge is 0.348 e. The minimum Gasteiger partial charge on any atom is -0.348 e. The van der Waals surface area contributed by atoms with Crippen molar-refractivity contribution in [1.82, 2.24) is 0 Å². The lowest BCUT2D eigenvalue weighted by Gasteiger charge is -2.35. The Kier molecular flexibility index (Phi) is 4.04. The molecule has 92 valence electrons. The first-order valence-corrected chi connectivity index (χ1v) is 6.62. The van der Waals surface area contributed by atoms with E-state index in [1.807, 2.05) is 0 Å². The number of hydrogen-bond donors (Lipinski definition) is 0. The van der Waals surface area contributed by atoms with Gasteiger partial charge in [-0.25, -0.2) is 0 Å². The first kappa shape index (κ1) is 12.1. The Bertz CT molecular complexity index is 231. The maximum Gasteiger partial charge on any atom is 0.168 e. The van der Waals surface area contributed by atoms with Crippen molar-refractivity contribution in [2.45, 2.75) is 57.7 Å². The molecular weight excluding hydrogens is 200 g/mol. The van der Waals surface area contributed by atoms with Crippen molar-refractivity contribution < 1.29 is 9.47 Å². The molecule has 2 rings (SSSR count). The Balaban J connectivity index is 1.67. The highest BCUT2D eigenvalue weighted by molar-refractivity contribution is 4.88. The van der Waals surface area contributed by atoms with E-state index in [2.05, 4.69) is 13.5 Å². The number of allylic oxidation sites excluding steroid dienone is 1. The second-order valence-corrected chi connectivity index (χ2v) is 5.40. The van der Waals surface area contributed by atoms with Crippen molar-refractivity contribution in [3.05, 3.63) is 12.2 Å². The van der Waals surface area contributed by atoms with Gasteiger partial charge in [0.1, 0.15) is 0 Å². The van der Waals surface area contributed by atoms with Gasteiger partial charge in [0.05, 0.1) is 13.2 Å². The van der Waals surface area contributed by atoms with E-state index in [4.69, 9.17) is 9.47 Å². The maximum atomic E-state index is 5.74. The first-order chi connectivity index (χ1) is 7.70. The predicted octanol–water partition coefficient (Wildman–Crippen LogP) is 3.67. The molecule has 0 N–H and O–H groups in total. The molecule has 0 amide bonds. The average Bonchev–Trinajstić information content (AvgIpc) is 2.70. The Morgan fingerprint density at radius 1 is 1.25 bits per heavy atom. The van der Waals surface area contributed by atoms with Crippen LogP contribution >= 0.6 is 0 Å². The van der Waals surface area contributed by atoms with E-state index in [1.165, 1.54) is 37.7 Å². The van der Waals surface area contributed by atoms with Gasteiger partial charge in [0.25, 0.3) is 0 Å². The highest BCUT2D eigenvalue weighted by Gasteiger charge is 2.39. The predicted molar refractivity (Wildman–Crippen MR) is 65.3 cm³/mol. The van der Waals surface area contributed by atoms with Crippen LogP contribution in [0.2, 0.25) is 0 Å². The van der Waals surface area contributed by atoms with Crippen LogP contribution < -0.4 is 0 Å². The van der Waals surface area contributed by atoms with E-state index in [1.54, 1.807) is 0 Å². The quantitative estimate of drug-likeness (QED) is 0.678. The highest BCUT2D eigenvalue weighted by atomic mass is 16.7.